The van der Waals surface area contributed by atoms with Crippen LogP contribution >= 0.6 is 0 Å². The number of benzene rings is 3. The van der Waals surface area contributed by atoms with Gasteiger partial charge in [-0.1, -0.05) is 42.5 Å². The van der Waals surface area contributed by atoms with Gasteiger partial charge in [0.25, 0.3) is 10.0 Å². The fourth-order valence-electron chi connectivity index (χ4n) is 4.25. The maximum absolute atomic E-state index is 14.1. The van der Waals surface area contributed by atoms with Crippen LogP contribution in [0.25, 0.3) is 0 Å². The molecule has 0 saturated heterocycles. The molecule has 1 N–H and O–H groups in total. The molecule has 0 saturated carbocycles. The third-order valence-corrected chi connectivity index (χ3v) is 8.17. The molecule has 1 unspecified atom stereocenters. The number of ether oxygens (including phenoxy) is 1. The van der Waals surface area contributed by atoms with E-state index in [1.807, 2.05) is 45.9 Å². The molecule has 3 rings (SSSR count). The zero-order valence-electron chi connectivity index (χ0n) is 24.3. The maximum Gasteiger partial charge on any atom is 0.264 e. The molecule has 3 aromatic rings. The van der Waals surface area contributed by atoms with Gasteiger partial charge in [0, 0.05) is 12.1 Å². The van der Waals surface area contributed by atoms with Crippen LogP contribution in [0.4, 0.5) is 5.69 Å². The lowest BCUT2D eigenvalue weighted by Gasteiger charge is -2.34. The number of rotatable bonds is 10. The van der Waals surface area contributed by atoms with Crippen molar-refractivity contribution in [2.75, 3.05) is 18.0 Å². The quantitative estimate of drug-likeness (QED) is 0.380. The summed E-state index contributed by atoms with van der Waals surface area (Å²) in [4.78, 5) is 28.8. The van der Waals surface area contributed by atoms with Gasteiger partial charge in [-0.05, 0) is 88.6 Å². The minimum atomic E-state index is -4.11. The van der Waals surface area contributed by atoms with E-state index in [9.17, 15) is 18.0 Å². The number of nitrogens with one attached hydrogen (secondary N) is 1. The van der Waals surface area contributed by atoms with Gasteiger partial charge in [0.2, 0.25) is 11.8 Å². The number of hydrogen-bond acceptors (Lipinski definition) is 5. The van der Waals surface area contributed by atoms with Crippen molar-refractivity contribution in [3.05, 3.63) is 89.5 Å². The Labute approximate surface area is 238 Å². The summed E-state index contributed by atoms with van der Waals surface area (Å²) in [5.74, 6) is -0.242. The summed E-state index contributed by atoms with van der Waals surface area (Å²) in [6, 6.07) is 19.8. The zero-order chi connectivity index (χ0) is 29.7. The normalized spacial score (nSPS) is 12.4. The van der Waals surface area contributed by atoms with Gasteiger partial charge in [0.05, 0.1) is 17.7 Å². The van der Waals surface area contributed by atoms with Crippen molar-refractivity contribution in [3.63, 3.8) is 0 Å². The molecule has 0 aliphatic carbocycles. The topological polar surface area (TPSA) is 96.0 Å². The van der Waals surface area contributed by atoms with Crippen molar-refractivity contribution < 1.29 is 22.7 Å². The Morgan fingerprint density at radius 1 is 0.950 bits per heavy atom. The highest BCUT2D eigenvalue weighted by Gasteiger charge is 2.34. The Kier molecular flexibility index (Phi) is 9.63. The standard InChI is InChI=1S/C31H39N3O5S/c1-22-16-17-23(2)28(18-22)34(40(37,38)27-14-9-8-10-15-27)21-29(35)33(24(3)30(36)32-31(4,5)6)20-25-12-11-13-26(19-25)39-7/h8-19,24H,20-21H2,1-7H3,(H,32,36). The smallest absolute Gasteiger partial charge is 0.264 e. The van der Waals surface area contributed by atoms with E-state index in [0.29, 0.717) is 17.0 Å². The van der Waals surface area contributed by atoms with Crippen molar-refractivity contribution in [3.8, 4) is 5.75 Å². The Hall–Kier alpha value is -3.85. The molecule has 1 atom stereocenters. The second-order valence-corrected chi connectivity index (χ2v) is 12.8. The SMILES string of the molecule is COc1cccc(CN(C(=O)CN(c2cc(C)ccc2C)S(=O)(=O)c2ccccc2)C(C)C(=O)NC(C)(C)C)c1. The zero-order valence-corrected chi connectivity index (χ0v) is 25.1. The van der Waals surface area contributed by atoms with Crippen molar-refractivity contribution in [2.24, 2.45) is 0 Å². The molecular weight excluding hydrogens is 526 g/mol. The Bertz CT molecular complexity index is 1450. The van der Waals surface area contributed by atoms with E-state index in [1.54, 1.807) is 63.4 Å². The molecule has 0 aliphatic rings. The predicted octanol–water partition coefficient (Wildman–Crippen LogP) is 4.84. The van der Waals surface area contributed by atoms with Gasteiger partial charge in [-0.2, -0.15) is 0 Å². The van der Waals surface area contributed by atoms with Crippen LogP contribution in [0.5, 0.6) is 5.75 Å². The minimum Gasteiger partial charge on any atom is -0.497 e. The molecule has 0 heterocycles. The first-order valence-corrected chi connectivity index (χ1v) is 14.6. The monoisotopic (exact) mass is 565 g/mol. The van der Waals surface area contributed by atoms with E-state index in [2.05, 4.69) is 5.32 Å². The lowest BCUT2D eigenvalue weighted by molar-refractivity contribution is -0.140. The molecule has 3 aromatic carbocycles. The first-order valence-electron chi connectivity index (χ1n) is 13.1. The number of amides is 2. The molecule has 2 amide bonds. The van der Waals surface area contributed by atoms with Crippen LogP contribution in [0.2, 0.25) is 0 Å². The highest BCUT2D eigenvalue weighted by Crippen LogP contribution is 2.28. The number of carbonyl (C=O) groups is 2. The number of hydrogen-bond donors (Lipinski definition) is 1. The fraction of sp³-hybridized carbons (Fsp3) is 0.355. The van der Waals surface area contributed by atoms with Crippen molar-refractivity contribution in [1.29, 1.82) is 0 Å². The van der Waals surface area contributed by atoms with Crippen molar-refractivity contribution in [1.82, 2.24) is 10.2 Å². The summed E-state index contributed by atoms with van der Waals surface area (Å²) >= 11 is 0. The Morgan fingerprint density at radius 2 is 1.62 bits per heavy atom. The van der Waals surface area contributed by atoms with Gasteiger partial charge in [-0.25, -0.2) is 8.42 Å². The molecule has 0 aromatic heterocycles. The molecule has 214 valence electrons. The van der Waals surface area contributed by atoms with E-state index in [-0.39, 0.29) is 17.3 Å². The highest BCUT2D eigenvalue weighted by molar-refractivity contribution is 7.92. The average molecular weight is 566 g/mol. The molecule has 0 fully saturated rings. The number of methoxy groups -OCH3 is 1. The van der Waals surface area contributed by atoms with Crippen LogP contribution in [-0.2, 0) is 26.2 Å². The van der Waals surface area contributed by atoms with Crippen LogP contribution in [0.1, 0.15) is 44.4 Å². The Morgan fingerprint density at radius 3 is 2.25 bits per heavy atom. The molecule has 0 radical (unpaired) electrons. The van der Waals surface area contributed by atoms with E-state index >= 15 is 0 Å². The summed E-state index contributed by atoms with van der Waals surface area (Å²) in [5.41, 5.74) is 2.19. The van der Waals surface area contributed by atoms with Gasteiger partial charge in [0.1, 0.15) is 18.3 Å². The summed E-state index contributed by atoms with van der Waals surface area (Å²) in [7, 11) is -2.56. The number of nitrogens with zero attached hydrogens (tertiary/aromatic N) is 2. The maximum atomic E-state index is 14.1. The molecule has 9 heteroatoms. The summed E-state index contributed by atoms with van der Waals surface area (Å²) in [6.45, 7) is 10.5. The largest absolute Gasteiger partial charge is 0.497 e. The number of anilines is 1. The first kappa shape index (κ1) is 30.7. The predicted molar refractivity (Wildman–Crippen MR) is 158 cm³/mol. The van der Waals surface area contributed by atoms with E-state index in [1.165, 1.54) is 17.0 Å². The third-order valence-electron chi connectivity index (χ3n) is 6.40. The van der Waals surface area contributed by atoms with E-state index in [0.717, 1.165) is 15.4 Å². The lowest BCUT2D eigenvalue weighted by atomic mass is 10.1. The third kappa shape index (κ3) is 7.63. The number of aryl methyl sites for hydroxylation is 2. The molecule has 0 bridgehead atoms. The molecule has 8 nitrogen and oxygen atoms in total. The minimum absolute atomic E-state index is 0.0709. The van der Waals surface area contributed by atoms with E-state index < -0.39 is 34.1 Å². The van der Waals surface area contributed by atoms with Crippen LogP contribution in [-0.4, -0.2) is 50.4 Å². The number of sulfonamides is 1. The molecule has 0 aliphatic heterocycles. The van der Waals surface area contributed by atoms with E-state index in [4.69, 9.17) is 4.74 Å². The average Bonchev–Trinajstić information content (AvgIpc) is 2.91. The van der Waals surface area contributed by atoms with Crippen molar-refractivity contribution >= 4 is 27.5 Å². The summed E-state index contributed by atoms with van der Waals surface area (Å²) in [6.07, 6.45) is 0. The van der Waals surface area contributed by atoms with Gasteiger partial charge in [0.15, 0.2) is 0 Å². The van der Waals surface area contributed by atoms with Gasteiger partial charge in [-0.3, -0.25) is 13.9 Å². The highest BCUT2D eigenvalue weighted by atomic mass is 32.2. The van der Waals surface area contributed by atoms with Gasteiger partial charge in [-0.15, -0.1) is 0 Å². The van der Waals surface area contributed by atoms with Crippen LogP contribution in [0, 0.1) is 13.8 Å². The van der Waals surface area contributed by atoms with Gasteiger partial charge >= 0.3 is 0 Å². The molecule has 0 spiro atoms. The fourth-order valence-corrected chi connectivity index (χ4v) is 5.74. The second kappa shape index (κ2) is 12.6. The van der Waals surface area contributed by atoms with Crippen molar-refractivity contribution in [2.45, 2.75) is 64.6 Å². The van der Waals surface area contributed by atoms with Crippen LogP contribution in [0.3, 0.4) is 0 Å². The summed E-state index contributed by atoms with van der Waals surface area (Å²) < 4.78 is 34.4. The Balaban J connectivity index is 2.08. The second-order valence-electron chi connectivity index (χ2n) is 10.9. The van der Waals surface area contributed by atoms with Crippen LogP contribution in [0.15, 0.2) is 77.7 Å². The molecular formula is C31H39N3O5S. The molecule has 40 heavy (non-hydrogen) atoms. The summed E-state index contributed by atoms with van der Waals surface area (Å²) in [5, 5.41) is 2.93. The number of carbonyl (C=O) groups excluding carboxylic acids is 2. The van der Waals surface area contributed by atoms with Gasteiger partial charge < -0.3 is 15.0 Å². The lowest BCUT2D eigenvalue weighted by Crippen LogP contribution is -2.54. The van der Waals surface area contributed by atoms with Crippen LogP contribution < -0.4 is 14.4 Å². The first-order chi connectivity index (χ1) is 18.7.